The average molecular weight is 278 g/mol. The van der Waals surface area contributed by atoms with E-state index in [2.05, 4.69) is 15.5 Å². The molecule has 0 aliphatic carbocycles. The maximum absolute atomic E-state index is 11.4. The predicted molar refractivity (Wildman–Crippen MR) is 73.5 cm³/mol. The molecule has 1 amide bonds. The number of halogens is 1. The fourth-order valence-corrected chi connectivity index (χ4v) is 1.52. The molecule has 0 bridgehead atoms. The summed E-state index contributed by atoms with van der Waals surface area (Å²) in [6.45, 7) is -0.123. The molecular weight excluding hydrogens is 266 g/mol. The van der Waals surface area contributed by atoms with Crippen LogP contribution in [0.1, 0.15) is 5.69 Å². The molecule has 1 aromatic heterocycles. The second kappa shape index (κ2) is 6.61. The standard InChI is InChI=1S/C13H12ClN3O2/c14-10-3-1-5-12(7-10)19-9-13(18)17-16-8-11-4-2-6-15-11/h1-8,15H,9H2,(H,17,18). The van der Waals surface area contributed by atoms with Crippen molar-refractivity contribution in [3.05, 3.63) is 53.3 Å². The molecule has 2 rings (SSSR count). The van der Waals surface area contributed by atoms with Crippen LogP contribution in [0.15, 0.2) is 47.7 Å². The van der Waals surface area contributed by atoms with E-state index < -0.39 is 0 Å². The summed E-state index contributed by atoms with van der Waals surface area (Å²) in [6, 6.07) is 10.5. The van der Waals surface area contributed by atoms with Crippen molar-refractivity contribution >= 4 is 23.7 Å². The summed E-state index contributed by atoms with van der Waals surface area (Å²) in [7, 11) is 0. The Morgan fingerprint density at radius 3 is 3.05 bits per heavy atom. The Labute approximate surface area is 115 Å². The maximum atomic E-state index is 11.4. The lowest BCUT2D eigenvalue weighted by Gasteiger charge is -2.04. The average Bonchev–Trinajstić information content (AvgIpc) is 2.90. The lowest BCUT2D eigenvalue weighted by atomic mass is 10.3. The van der Waals surface area contributed by atoms with Crippen molar-refractivity contribution in [3.8, 4) is 5.75 Å². The van der Waals surface area contributed by atoms with Crippen LogP contribution in [-0.4, -0.2) is 23.7 Å². The number of H-pyrrole nitrogens is 1. The molecule has 0 unspecified atom stereocenters. The number of hydrogen-bond donors (Lipinski definition) is 2. The van der Waals surface area contributed by atoms with Crippen LogP contribution in [0, 0.1) is 0 Å². The molecule has 0 saturated carbocycles. The van der Waals surface area contributed by atoms with Gasteiger partial charge in [-0.25, -0.2) is 5.43 Å². The molecule has 5 nitrogen and oxygen atoms in total. The number of nitrogens with one attached hydrogen (secondary N) is 2. The molecule has 0 saturated heterocycles. The van der Waals surface area contributed by atoms with Gasteiger partial charge in [0.15, 0.2) is 6.61 Å². The summed E-state index contributed by atoms with van der Waals surface area (Å²) >= 11 is 5.79. The van der Waals surface area contributed by atoms with Crippen molar-refractivity contribution in [1.82, 2.24) is 10.4 Å². The summed E-state index contributed by atoms with van der Waals surface area (Å²) in [4.78, 5) is 14.4. The van der Waals surface area contributed by atoms with Gasteiger partial charge in [-0.2, -0.15) is 5.10 Å². The smallest absolute Gasteiger partial charge is 0.277 e. The molecule has 1 heterocycles. The van der Waals surface area contributed by atoms with Crippen LogP contribution in [0.2, 0.25) is 5.02 Å². The van der Waals surface area contributed by atoms with E-state index in [4.69, 9.17) is 16.3 Å². The second-order valence-electron chi connectivity index (χ2n) is 3.66. The van der Waals surface area contributed by atoms with E-state index in [1.54, 1.807) is 30.5 Å². The van der Waals surface area contributed by atoms with E-state index in [9.17, 15) is 4.79 Å². The first-order valence-electron chi connectivity index (χ1n) is 5.58. The minimum Gasteiger partial charge on any atom is -0.484 e. The van der Waals surface area contributed by atoms with Crippen LogP contribution in [-0.2, 0) is 4.79 Å². The first-order valence-corrected chi connectivity index (χ1v) is 5.95. The van der Waals surface area contributed by atoms with Gasteiger partial charge in [-0.3, -0.25) is 4.79 Å². The van der Waals surface area contributed by atoms with Gasteiger partial charge < -0.3 is 9.72 Å². The first kappa shape index (κ1) is 13.2. The van der Waals surface area contributed by atoms with Crippen LogP contribution < -0.4 is 10.2 Å². The van der Waals surface area contributed by atoms with Gasteiger partial charge in [-0.05, 0) is 30.3 Å². The lowest BCUT2D eigenvalue weighted by Crippen LogP contribution is -2.24. The number of hydrogen-bond acceptors (Lipinski definition) is 3. The third kappa shape index (κ3) is 4.48. The number of amides is 1. The molecule has 0 aliphatic rings. The Balaban J connectivity index is 1.76. The fourth-order valence-electron chi connectivity index (χ4n) is 1.34. The topological polar surface area (TPSA) is 66.5 Å². The first-order chi connectivity index (χ1) is 9.24. The maximum Gasteiger partial charge on any atom is 0.277 e. The zero-order chi connectivity index (χ0) is 13.5. The molecule has 0 aliphatic heterocycles. The Hall–Kier alpha value is -2.27. The second-order valence-corrected chi connectivity index (χ2v) is 4.10. The van der Waals surface area contributed by atoms with Gasteiger partial charge in [0.1, 0.15) is 5.75 Å². The van der Waals surface area contributed by atoms with Crippen molar-refractivity contribution in [2.75, 3.05) is 6.61 Å². The Kier molecular flexibility index (Phi) is 4.58. The van der Waals surface area contributed by atoms with Crippen LogP contribution in [0.4, 0.5) is 0 Å². The number of carbonyl (C=O) groups is 1. The number of rotatable bonds is 5. The van der Waals surface area contributed by atoms with E-state index in [1.807, 2.05) is 12.1 Å². The van der Waals surface area contributed by atoms with Crippen LogP contribution in [0.5, 0.6) is 5.75 Å². The number of aromatic amines is 1. The molecule has 0 fully saturated rings. The SMILES string of the molecule is O=C(COc1cccc(Cl)c1)NN=Cc1ccc[nH]1. The van der Waals surface area contributed by atoms with E-state index in [0.29, 0.717) is 10.8 Å². The Morgan fingerprint density at radius 1 is 1.42 bits per heavy atom. The van der Waals surface area contributed by atoms with Crippen molar-refractivity contribution in [2.45, 2.75) is 0 Å². The zero-order valence-corrected chi connectivity index (χ0v) is 10.7. The highest BCUT2D eigenvalue weighted by molar-refractivity contribution is 6.30. The van der Waals surface area contributed by atoms with E-state index in [0.717, 1.165) is 5.69 Å². The molecule has 2 N–H and O–H groups in total. The number of aromatic nitrogens is 1. The van der Waals surface area contributed by atoms with E-state index in [-0.39, 0.29) is 12.5 Å². The monoisotopic (exact) mass is 277 g/mol. The van der Waals surface area contributed by atoms with Gasteiger partial charge in [0.25, 0.3) is 5.91 Å². The van der Waals surface area contributed by atoms with Gasteiger partial charge in [0.2, 0.25) is 0 Å². The van der Waals surface area contributed by atoms with Crippen molar-refractivity contribution in [2.24, 2.45) is 5.10 Å². The highest BCUT2D eigenvalue weighted by Gasteiger charge is 2.01. The molecule has 1 aromatic carbocycles. The zero-order valence-electron chi connectivity index (χ0n) is 9.97. The number of benzene rings is 1. The molecule has 19 heavy (non-hydrogen) atoms. The molecule has 0 spiro atoms. The van der Waals surface area contributed by atoms with Gasteiger partial charge >= 0.3 is 0 Å². The lowest BCUT2D eigenvalue weighted by molar-refractivity contribution is -0.123. The van der Waals surface area contributed by atoms with Crippen LogP contribution in [0.3, 0.4) is 0 Å². The molecule has 2 aromatic rings. The highest BCUT2D eigenvalue weighted by atomic mass is 35.5. The van der Waals surface area contributed by atoms with Gasteiger partial charge in [-0.1, -0.05) is 17.7 Å². The third-order valence-electron chi connectivity index (χ3n) is 2.18. The number of carbonyl (C=O) groups excluding carboxylic acids is 1. The Morgan fingerprint density at radius 2 is 2.32 bits per heavy atom. The molecule has 0 atom stereocenters. The summed E-state index contributed by atoms with van der Waals surface area (Å²) < 4.78 is 5.26. The van der Waals surface area contributed by atoms with Crippen LogP contribution in [0.25, 0.3) is 0 Å². The van der Waals surface area contributed by atoms with Gasteiger partial charge in [0.05, 0.1) is 11.9 Å². The van der Waals surface area contributed by atoms with Gasteiger partial charge in [-0.15, -0.1) is 0 Å². The summed E-state index contributed by atoms with van der Waals surface area (Å²) in [6.07, 6.45) is 3.28. The quantitative estimate of drug-likeness (QED) is 0.650. The minimum absolute atomic E-state index is 0.123. The Bertz CT molecular complexity index is 567. The minimum atomic E-state index is -0.345. The van der Waals surface area contributed by atoms with Crippen LogP contribution >= 0.6 is 11.6 Å². The molecule has 0 radical (unpaired) electrons. The normalized spacial score (nSPS) is 10.6. The fraction of sp³-hybridized carbons (Fsp3) is 0.0769. The molecule has 98 valence electrons. The van der Waals surface area contributed by atoms with Crippen molar-refractivity contribution in [1.29, 1.82) is 0 Å². The predicted octanol–water partition coefficient (Wildman–Crippen LogP) is 2.20. The van der Waals surface area contributed by atoms with Crippen molar-refractivity contribution < 1.29 is 9.53 Å². The number of nitrogens with zero attached hydrogens (tertiary/aromatic N) is 1. The summed E-state index contributed by atoms with van der Waals surface area (Å²) in [5.41, 5.74) is 3.16. The van der Waals surface area contributed by atoms with E-state index >= 15 is 0 Å². The highest BCUT2D eigenvalue weighted by Crippen LogP contribution is 2.16. The van der Waals surface area contributed by atoms with Crippen molar-refractivity contribution in [3.63, 3.8) is 0 Å². The molecule has 6 heteroatoms. The summed E-state index contributed by atoms with van der Waals surface area (Å²) in [5, 5.41) is 4.34. The molecular formula is C13H12ClN3O2. The summed E-state index contributed by atoms with van der Waals surface area (Å²) in [5.74, 6) is 0.193. The third-order valence-corrected chi connectivity index (χ3v) is 2.42. The van der Waals surface area contributed by atoms with Gasteiger partial charge in [0, 0.05) is 11.2 Å². The number of hydrazone groups is 1. The number of ether oxygens (including phenoxy) is 1. The largest absolute Gasteiger partial charge is 0.484 e. The van der Waals surface area contributed by atoms with E-state index in [1.165, 1.54) is 6.21 Å².